The summed E-state index contributed by atoms with van der Waals surface area (Å²) in [7, 11) is 0. The summed E-state index contributed by atoms with van der Waals surface area (Å²) in [6, 6.07) is 18.5. The number of carbonyl (C=O) groups is 2. The van der Waals surface area contributed by atoms with Crippen molar-refractivity contribution in [2.75, 3.05) is 10.2 Å². The molecule has 0 spiro atoms. The van der Waals surface area contributed by atoms with Crippen LogP contribution in [0.4, 0.5) is 11.4 Å². The van der Waals surface area contributed by atoms with Crippen LogP contribution in [0.15, 0.2) is 82.2 Å². The van der Waals surface area contributed by atoms with Gasteiger partial charge in [0.25, 0.3) is 11.8 Å². The Kier molecular flexibility index (Phi) is 6.51. The molecule has 0 aromatic heterocycles. The molecule has 4 nitrogen and oxygen atoms in total. The van der Waals surface area contributed by atoms with Crippen molar-refractivity contribution in [1.82, 2.24) is 0 Å². The number of benzene rings is 3. The van der Waals surface area contributed by atoms with E-state index < -0.39 is 11.8 Å². The van der Waals surface area contributed by atoms with E-state index in [4.69, 9.17) is 46.4 Å². The van der Waals surface area contributed by atoms with Crippen molar-refractivity contribution in [3.8, 4) is 0 Å². The van der Waals surface area contributed by atoms with Crippen molar-refractivity contribution < 1.29 is 9.59 Å². The molecule has 3 aromatic carbocycles. The van der Waals surface area contributed by atoms with Crippen molar-refractivity contribution in [2.45, 2.75) is 4.90 Å². The molecular formula is C22H12Cl4N2O2S. The smallest absolute Gasteiger partial charge is 0.283 e. The molecule has 1 aliphatic heterocycles. The summed E-state index contributed by atoms with van der Waals surface area (Å²) >= 11 is 25.5. The van der Waals surface area contributed by atoms with Crippen LogP contribution < -0.4 is 10.2 Å². The van der Waals surface area contributed by atoms with Crippen LogP contribution in [0.5, 0.6) is 0 Å². The van der Waals surface area contributed by atoms with Crippen LogP contribution in [0.25, 0.3) is 0 Å². The Morgan fingerprint density at radius 3 is 2.00 bits per heavy atom. The summed E-state index contributed by atoms with van der Waals surface area (Å²) in [6.07, 6.45) is 0. The Balaban J connectivity index is 1.77. The fraction of sp³-hybridized carbons (Fsp3) is 0. The van der Waals surface area contributed by atoms with Gasteiger partial charge in [0.15, 0.2) is 0 Å². The van der Waals surface area contributed by atoms with Gasteiger partial charge in [-0.15, -0.1) is 0 Å². The summed E-state index contributed by atoms with van der Waals surface area (Å²) in [5.74, 6) is -1.05. The van der Waals surface area contributed by atoms with Gasteiger partial charge in [-0.3, -0.25) is 9.59 Å². The SMILES string of the molecule is O=C1C(Nc2ccc(Cl)cc2)=C(Sc2ccc(Cl)cc2)C(=O)N1c1cccc(Cl)c1Cl. The van der Waals surface area contributed by atoms with E-state index in [-0.39, 0.29) is 26.3 Å². The second-order valence-corrected chi connectivity index (χ2v) is 9.15. The number of nitrogens with zero attached hydrogens (tertiary/aromatic N) is 1. The average Bonchev–Trinajstić information content (AvgIpc) is 2.97. The lowest BCUT2D eigenvalue weighted by Crippen LogP contribution is -2.32. The maximum Gasteiger partial charge on any atom is 0.283 e. The van der Waals surface area contributed by atoms with Crippen LogP contribution in [-0.2, 0) is 9.59 Å². The first-order valence-corrected chi connectivity index (χ1v) is 11.2. The third-order valence-electron chi connectivity index (χ3n) is 4.36. The maximum atomic E-state index is 13.3. The van der Waals surface area contributed by atoms with Gasteiger partial charge in [-0.1, -0.05) is 64.2 Å². The molecule has 0 bridgehead atoms. The molecule has 1 N–H and O–H groups in total. The average molecular weight is 510 g/mol. The predicted molar refractivity (Wildman–Crippen MR) is 128 cm³/mol. The summed E-state index contributed by atoms with van der Waals surface area (Å²) in [5, 5.41) is 4.53. The first kappa shape index (κ1) is 22.1. The predicted octanol–water partition coefficient (Wildman–Crippen LogP) is 7.29. The molecule has 4 rings (SSSR count). The van der Waals surface area contributed by atoms with Gasteiger partial charge in [-0.25, -0.2) is 4.90 Å². The molecule has 1 heterocycles. The van der Waals surface area contributed by atoms with Crippen LogP contribution in [-0.4, -0.2) is 11.8 Å². The third-order valence-corrected chi connectivity index (χ3v) is 6.76. The molecule has 0 radical (unpaired) electrons. The molecule has 1 aliphatic rings. The lowest BCUT2D eigenvalue weighted by molar-refractivity contribution is -0.120. The lowest BCUT2D eigenvalue weighted by Gasteiger charge is -2.17. The Hall–Kier alpha value is -2.15. The van der Waals surface area contributed by atoms with E-state index >= 15 is 0 Å². The minimum absolute atomic E-state index is 0.120. The molecule has 0 saturated carbocycles. The minimum Gasteiger partial charge on any atom is -0.350 e. The Morgan fingerprint density at radius 1 is 0.742 bits per heavy atom. The standard InChI is InChI=1S/C22H12Cl4N2O2S/c23-12-4-8-14(9-5-12)27-19-20(31-15-10-6-13(24)7-11-15)22(30)28(21(19)29)17-3-1-2-16(25)18(17)26/h1-11,27H. The normalized spacial score (nSPS) is 13.9. The molecular weight excluding hydrogens is 498 g/mol. The summed E-state index contributed by atoms with van der Waals surface area (Å²) in [6.45, 7) is 0. The Bertz CT molecular complexity index is 1140. The minimum atomic E-state index is -0.541. The van der Waals surface area contributed by atoms with Gasteiger partial charge in [-0.2, -0.15) is 0 Å². The second-order valence-electron chi connectivity index (χ2n) is 6.41. The fourth-order valence-corrected chi connectivity index (χ4v) is 4.46. The molecule has 156 valence electrons. The quantitative estimate of drug-likeness (QED) is 0.367. The van der Waals surface area contributed by atoms with Gasteiger partial charge < -0.3 is 5.32 Å². The molecule has 0 unspecified atom stereocenters. The van der Waals surface area contributed by atoms with Gasteiger partial charge in [0.1, 0.15) is 10.6 Å². The Labute approximate surface area is 202 Å². The van der Waals surface area contributed by atoms with Gasteiger partial charge in [-0.05, 0) is 60.7 Å². The highest BCUT2D eigenvalue weighted by molar-refractivity contribution is 8.04. The number of hydrogen-bond acceptors (Lipinski definition) is 4. The molecule has 31 heavy (non-hydrogen) atoms. The summed E-state index contributed by atoms with van der Waals surface area (Å²) in [4.78, 5) is 28.7. The molecule has 3 aromatic rings. The second kappa shape index (κ2) is 9.15. The highest BCUT2D eigenvalue weighted by Crippen LogP contribution is 2.41. The Morgan fingerprint density at radius 2 is 1.35 bits per heavy atom. The highest BCUT2D eigenvalue weighted by atomic mass is 35.5. The highest BCUT2D eigenvalue weighted by Gasteiger charge is 2.41. The van der Waals surface area contributed by atoms with Gasteiger partial charge in [0.05, 0.1) is 15.7 Å². The number of rotatable bonds is 5. The number of nitrogens with one attached hydrogen (secondary N) is 1. The van der Waals surface area contributed by atoms with E-state index in [1.165, 1.54) is 0 Å². The summed E-state index contributed by atoms with van der Waals surface area (Å²) < 4.78 is 0. The van der Waals surface area contributed by atoms with Crippen molar-refractivity contribution in [2.24, 2.45) is 0 Å². The van der Waals surface area contributed by atoms with Crippen molar-refractivity contribution in [3.63, 3.8) is 0 Å². The molecule has 0 aliphatic carbocycles. The van der Waals surface area contributed by atoms with Crippen LogP contribution in [0.1, 0.15) is 0 Å². The summed E-state index contributed by atoms with van der Waals surface area (Å²) in [5.41, 5.74) is 0.948. The molecule has 0 atom stereocenters. The number of carbonyl (C=O) groups excluding carboxylic acids is 2. The number of hydrogen-bond donors (Lipinski definition) is 1. The van der Waals surface area contributed by atoms with Crippen molar-refractivity contribution >= 4 is 81.4 Å². The topological polar surface area (TPSA) is 49.4 Å². The molecule has 0 saturated heterocycles. The molecule has 0 fully saturated rings. The van der Waals surface area contributed by atoms with E-state index in [0.29, 0.717) is 15.7 Å². The number of anilines is 2. The van der Waals surface area contributed by atoms with Crippen LogP contribution in [0, 0.1) is 0 Å². The third kappa shape index (κ3) is 4.56. The van der Waals surface area contributed by atoms with E-state index in [2.05, 4.69) is 5.32 Å². The van der Waals surface area contributed by atoms with E-state index in [1.54, 1.807) is 66.7 Å². The van der Waals surface area contributed by atoms with Gasteiger partial charge >= 0.3 is 0 Å². The first-order valence-electron chi connectivity index (χ1n) is 8.88. The largest absolute Gasteiger partial charge is 0.350 e. The number of amides is 2. The van der Waals surface area contributed by atoms with Crippen molar-refractivity contribution in [3.05, 3.63) is 97.4 Å². The zero-order valence-corrected chi connectivity index (χ0v) is 19.4. The van der Waals surface area contributed by atoms with E-state index in [1.807, 2.05) is 0 Å². The zero-order valence-electron chi connectivity index (χ0n) is 15.5. The number of thioether (sulfide) groups is 1. The van der Waals surface area contributed by atoms with E-state index in [0.717, 1.165) is 21.6 Å². The number of halogens is 4. The molecule has 9 heteroatoms. The zero-order chi connectivity index (χ0) is 22.1. The van der Waals surface area contributed by atoms with Gasteiger partial charge in [0.2, 0.25) is 0 Å². The monoisotopic (exact) mass is 508 g/mol. The molecule has 2 amide bonds. The van der Waals surface area contributed by atoms with E-state index in [9.17, 15) is 9.59 Å². The van der Waals surface area contributed by atoms with Crippen LogP contribution in [0.2, 0.25) is 20.1 Å². The van der Waals surface area contributed by atoms with Crippen molar-refractivity contribution in [1.29, 1.82) is 0 Å². The first-order chi connectivity index (χ1) is 14.8. The maximum absolute atomic E-state index is 13.3. The lowest BCUT2D eigenvalue weighted by atomic mass is 10.3. The number of imide groups is 1. The van der Waals surface area contributed by atoms with Crippen LogP contribution >= 0.6 is 58.2 Å². The fourth-order valence-electron chi connectivity index (χ4n) is 2.90. The van der Waals surface area contributed by atoms with Crippen LogP contribution in [0.3, 0.4) is 0 Å². The van der Waals surface area contributed by atoms with Gasteiger partial charge in [0, 0.05) is 20.6 Å².